The highest BCUT2D eigenvalue weighted by Gasteiger charge is 2.26. The number of aromatic nitrogens is 1. The summed E-state index contributed by atoms with van der Waals surface area (Å²) in [6.45, 7) is 10.6. The molecule has 2 N–H and O–H groups in total. The Balaban J connectivity index is 2.80. The molecule has 0 aliphatic rings. The summed E-state index contributed by atoms with van der Waals surface area (Å²) in [5.41, 5.74) is 0.503. The van der Waals surface area contributed by atoms with Crippen LogP contribution >= 0.6 is 0 Å². The van der Waals surface area contributed by atoms with Gasteiger partial charge in [-0.1, -0.05) is 33.3 Å². The highest BCUT2D eigenvalue weighted by Crippen LogP contribution is 2.16. The predicted octanol–water partition coefficient (Wildman–Crippen LogP) is 2.44. The monoisotopic (exact) mass is 313 g/mol. The van der Waals surface area contributed by atoms with Crippen LogP contribution in [0.2, 0.25) is 0 Å². The fraction of sp³-hybridized carbons (Fsp3) is 0.667. The smallest absolute Gasteiger partial charge is 0.258 e. The van der Waals surface area contributed by atoms with Gasteiger partial charge >= 0.3 is 0 Å². The van der Waals surface area contributed by atoms with Crippen LogP contribution in [0.1, 0.15) is 53.0 Å². The van der Waals surface area contributed by atoms with Crippen LogP contribution < -0.4 is 10.0 Å². The number of hydrogen-bond donors (Lipinski definition) is 2. The van der Waals surface area contributed by atoms with Crippen LogP contribution in [0.15, 0.2) is 23.4 Å². The Hall–Kier alpha value is -0.980. The van der Waals surface area contributed by atoms with Gasteiger partial charge in [-0.2, -0.15) is 0 Å². The van der Waals surface area contributed by atoms with Gasteiger partial charge in [-0.3, -0.25) is 0 Å². The van der Waals surface area contributed by atoms with Crippen molar-refractivity contribution in [3.63, 3.8) is 0 Å². The van der Waals surface area contributed by atoms with E-state index in [0.717, 1.165) is 18.4 Å². The summed E-state index contributed by atoms with van der Waals surface area (Å²) < 4.78 is 27.3. The van der Waals surface area contributed by atoms with Crippen molar-refractivity contribution in [1.29, 1.82) is 0 Å². The molecule has 0 fully saturated rings. The maximum Gasteiger partial charge on any atom is 0.258 e. The van der Waals surface area contributed by atoms with Gasteiger partial charge in [0.05, 0.1) is 0 Å². The van der Waals surface area contributed by atoms with Crippen LogP contribution in [0.4, 0.5) is 0 Å². The lowest BCUT2D eigenvalue weighted by atomic mass is 10.0. The SMILES string of the molecule is CCCC(C)(C)NS(=O)(=O)c1ccc(CNC(C)C)cn1. The van der Waals surface area contributed by atoms with Crippen molar-refractivity contribution >= 4 is 10.0 Å². The molecule has 1 rings (SSSR count). The zero-order valence-corrected chi connectivity index (χ0v) is 14.4. The Morgan fingerprint density at radius 2 is 1.95 bits per heavy atom. The minimum atomic E-state index is -3.57. The van der Waals surface area contributed by atoms with E-state index in [1.165, 1.54) is 0 Å². The Kier molecular flexibility index (Phi) is 6.31. The van der Waals surface area contributed by atoms with E-state index in [2.05, 4.69) is 28.9 Å². The molecule has 1 aromatic heterocycles. The van der Waals surface area contributed by atoms with Gasteiger partial charge in [0.2, 0.25) is 0 Å². The number of rotatable bonds is 8. The van der Waals surface area contributed by atoms with E-state index < -0.39 is 15.6 Å². The molecule has 120 valence electrons. The van der Waals surface area contributed by atoms with Gasteiger partial charge in [-0.25, -0.2) is 18.1 Å². The van der Waals surface area contributed by atoms with Crippen molar-refractivity contribution in [1.82, 2.24) is 15.0 Å². The minimum Gasteiger partial charge on any atom is -0.310 e. The Labute approximate surface area is 128 Å². The van der Waals surface area contributed by atoms with E-state index in [1.807, 2.05) is 20.8 Å². The van der Waals surface area contributed by atoms with Gasteiger partial charge in [-0.15, -0.1) is 0 Å². The first-order valence-electron chi connectivity index (χ1n) is 7.38. The lowest BCUT2D eigenvalue weighted by molar-refractivity contribution is 0.417. The first-order valence-corrected chi connectivity index (χ1v) is 8.87. The fourth-order valence-electron chi connectivity index (χ4n) is 2.09. The third kappa shape index (κ3) is 6.11. The van der Waals surface area contributed by atoms with Crippen molar-refractivity contribution in [2.75, 3.05) is 0 Å². The van der Waals surface area contributed by atoms with Crippen molar-refractivity contribution in [2.45, 2.75) is 70.6 Å². The number of pyridine rings is 1. The molecule has 0 saturated heterocycles. The molecular weight excluding hydrogens is 286 g/mol. The summed E-state index contributed by atoms with van der Waals surface area (Å²) in [4.78, 5) is 4.08. The topological polar surface area (TPSA) is 71.1 Å². The molecule has 0 aromatic carbocycles. The zero-order valence-electron chi connectivity index (χ0n) is 13.6. The van der Waals surface area contributed by atoms with Crippen molar-refractivity contribution in [2.24, 2.45) is 0 Å². The van der Waals surface area contributed by atoms with Crippen LogP contribution in [0.5, 0.6) is 0 Å². The summed E-state index contributed by atoms with van der Waals surface area (Å²) in [5, 5.41) is 3.34. The minimum absolute atomic E-state index is 0.0694. The average molecular weight is 313 g/mol. The molecule has 1 aromatic rings. The highest BCUT2D eigenvalue weighted by molar-refractivity contribution is 7.89. The zero-order chi connectivity index (χ0) is 16.1. The molecule has 0 radical (unpaired) electrons. The van der Waals surface area contributed by atoms with E-state index in [1.54, 1.807) is 18.3 Å². The maximum absolute atomic E-state index is 12.3. The molecule has 0 bridgehead atoms. The first kappa shape index (κ1) is 18.1. The summed E-state index contributed by atoms with van der Waals surface area (Å²) in [6.07, 6.45) is 3.31. The summed E-state index contributed by atoms with van der Waals surface area (Å²) in [6, 6.07) is 3.73. The molecule has 0 aliphatic carbocycles. The van der Waals surface area contributed by atoms with Gasteiger partial charge in [0, 0.05) is 24.3 Å². The van der Waals surface area contributed by atoms with Crippen LogP contribution in [-0.2, 0) is 16.6 Å². The average Bonchev–Trinajstić information content (AvgIpc) is 2.35. The largest absolute Gasteiger partial charge is 0.310 e. The predicted molar refractivity (Wildman–Crippen MR) is 85.5 cm³/mol. The van der Waals surface area contributed by atoms with E-state index in [9.17, 15) is 8.42 Å². The lowest BCUT2D eigenvalue weighted by Gasteiger charge is -2.25. The molecular formula is C15H27N3O2S. The molecule has 0 amide bonds. The third-order valence-corrected chi connectivity index (χ3v) is 4.69. The maximum atomic E-state index is 12.3. The second kappa shape index (κ2) is 7.33. The standard InChI is InChI=1S/C15H27N3O2S/c1-6-9-15(4,5)18-21(19,20)14-8-7-13(11-17-14)10-16-12(2)3/h7-8,11-12,16,18H,6,9-10H2,1-5H3. The Morgan fingerprint density at radius 1 is 1.29 bits per heavy atom. The Morgan fingerprint density at radius 3 is 2.43 bits per heavy atom. The summed E-state index contributed by atoms with van der Waals surface area (Å²) in [7, 11) is -3.57. The number of sulfonamides is 1. The molecule has 0 saturated carbocycles. The molecule has 5 nitrogen and oxygen atoms in total. The lowest BCUT2D eigenvalue weighted by Crippen LogP contribution is -2.43. The molecule has 0 unspecified atom stereocenters. The van der Waals surface area contributed by atoms with Crippen molar-refractivity contribution < 1.29 is 8.42 Å². The van der Waals surface area contributed by atoms with Crippen LogP contribution in [0, 0.1) is 0 Å². The highest BCUT2D eigenvalue weighted by atomic mass is 32.2. The fourth-order valence-corrected chi connectivity index (χ4v) is 3.46. The molecule has 6 heteroatoms. The molecule has 0 spiro atoms. The molecule has 21 heavy (non-hydrogen) atoms. The number of hydrogen-bond acceptors (Lipinski definition) is 4. The van der Waals surface area contributed by atoms with E-state index in [4.69, 9.17) is 0 Å². The van der Waals surface area contributed by atoms with Gasteiger partial charge < -0.3 is 5.32 Å². The van der Waals surface area contributed by atoms with Gasteiger partial charge in [0.15, 0.2) is 5.03 Å². The van der Waals surface area contributed by atoms with Gasteiger partial charge in [0.25, 0.3) is 10.0 Å². The van der Waals surface area contributed by atoms with Crippen LogP contribution in [-0.4, -0.2) is 25.0 Å². The molecule has 0 atom stereocenters. The summed E-state index contributed by atoms with van der Waals surface area (Å²) >= 11 is 0. The third-order valence-electron chi connectivity index (χ3n) is 3.07. The van der Waals surface area contributed by atoms with Crippen LogP contribution in [0.25, 0.3) is 0 Å². The second-order valence-electron chi connectivity index (χ2n) is 6.28. The van der Waals surface area contributed by atoms with Crippen molar-refractivity contribution in [3.8, 4) is 0 Å². The van der Waals surface area contributed by atoms with E-state index in [-0.39, 0.29) is 5.03 Å². The second-order valence-corrected chi connectivity index (χ2v) is 7.91. The number of nitrogens with zero attached hydrogens (tertiary/aromatic N) is 1. The molecule has 0 aliphatic heterocycles. The van der Waals surface area contributed by atoms with E-state index in [0.29, 0.717) is 12.6 Å². The molecule has 1 heterocycles. The van der Waals surface area contributed by atoms with Gasteiger partial charge in [0.1, 0.15) is 0 Å². The quantitative estimate of drug-likeness (QED) is 0.773. The first-order chi connectivity index (χ1) is 9.66. The van der Waals surface area contributed by atoms with Crippen molar-refractivity contribution in [3.05, 3.63) is 23.9 Å². The van der Waals surface area contributed by atoms with Gasteiger partial charge in [-0.05, 0) is 31.9 Å². The van der Waals surface area contributed by atoms with E-state index >= 15 is 0 Å². The summed E-state index contributed by atoms with van der Waals surface area (Å²) in [5.74, 6) is 0. The van der Waals surface area contributed by atoms with Crippen LogP contribution in [0.3, 0.4) is 0 Å². The number of nitrogens with one attached hydrogen (secondary N) is 2. The normalized spacial score (nSPS) is 12.9. The Bertz CT molecular complexity index is 537.